The molecule has 0 atom stereocenters. The van der Waals surface area contributed by atoms with Crippen LogP contribution in [0, 0.1) is 22.7 Å². The predicted octanol–water partition coefficient (Wildman–Crippen LogP) is 4.52. The number of carbonyl (C=O) groups is 2. The average Bonchev–Trinajstić information content (AvgIpc) is 3.18. The van der Waals surface area contributed by atoms with Crippen molar-refractivity contribution in [2.45, 2.75) is 13.1 Å². The molecule has 2 aromatic carbocycles. The van der Waals surface area contributed by atoms with E-state index in [1.165, 1.54) is 30.9 Å². The van der Waals surface area contributed by atoms with Crippen LogP contribution < -0.4 is 22.5 Å². The van der Waals surface area contributed by atoms with E-state index in [0.717, 1.165) is 11.1 Å². The molecule has 4 heterocycles. The number of nitrogen functional groups attached to an aromatic ring is 2. The van der Waals surface area contributed by atoms with Crippen molar-refractivity contribution in [1.29, 1.82) is 10.5 Å². The van der Waals surface area contributed by atoms with E-state index in [2.05, 4.69) is 35.2 Å². The van der Waals surface area contributed by atoms with Gasteiger partial charge in [0, 0.05) is 61.4 Å². The Balaban J connectivity index is 0.000000192. The van der Waals surface area contributed by atoms with Crippen LogP contribution in [0.4, 0.5) is 17.6 Å². The van der Waals surface area contributed by atoms with E-state index >= 15 is 0 Å². The van der Waals surface area contributed by atoms with Gasteiger partial charge in [0.1, 0.15) is 11.6 Å². The monoisotopic (exact) mass is 696 g/mol. The molecular formula is C36H29ClN12O2. The molecule has 0 unspecified atom stereocenters. The van der Waals surface area contributed by atoms with Crippen molar-refractivity contribution in [3.05, 3.63) is 160 Å². The second kappa shape index (κ2) is 18.4. The summed E-state index contributed by atoms with van der Waals surface area (Å²) in [4.78, 5) is 48.0. The second-order valence-electron chi connectivity index (χ2n) is 10.3. The van der Waals surface area contributed by atoms with E-state index in [0.29, 0.717) is 64.1 Å². The number of anilines is 3. The Morgan fingerprint density at radius 1 is 0.627 bits per heavy atom. The van der Waals surface area contributed by atoms with E-state index in [9.17, 15) is 9.59 Å². The minimum Gasteiger partial charge on any atom is -0.384 e. The molecule has 0 saturated heterocycles. The van der Waals surface area contributed by atoms with E-state index in [1.807, 2.05) is 24.3 Å². The average molecular weight is 697 g/mol. The summed E-state index contributed by atoms with van der Waals surface area (Å²) in [5.41, 5.74) is 20.5. The van der Waals surface area contributed by atoms with E-state index in [4.69, 9.17) is 39.3 Å². The van der Waals surface area contributed by atoms with Gasteiger partial charge in [-0.3, -0.25) is 9.59 Å². The van der Waals surface area contributed by atoms with Gasteiger partial charge in [-0.05, 0) is 59.1 Å². The third-order valence-electron chi connectivity index (χ3n) is 6.69. The van der Waals surface area contributed by atoms with Gasteiger partial charge in [0.2, 0.25) is 11.2 Å². The molecular weight excluding hydrogens is 668 g/mol. The summed E-state index contributed by atoms with van der Waals surface area (Å²) in [5.74, 6) is 0.930. The molecule has 0 saturated carbocycles. The number of benzene rings is 2. The largest absolute Gasteiger partial charge is 0.384 e. The van der Waals surface area contributed by atoms with Crippen LogP contribution in [0.5, 0.6) is 0 Å². The summed E-state index contributed by atoms with van der Waals surface area (Å²) >= 11 is 5.53. The molecule has 0 aliphatic carbocycles. The van der Waals surface area contributed by atoms with Crippen molar-refractivity contribution < 1.29 is 9.59 Å². The van der Waals surface area contributed by atoms with Gasteiger partial charge < -0.3 is 22.5 Å². The molecule has 0 fully saturated rings. The number of hydrogen-bond donors (Lipinski definition) is 4. The second-order valence-corrected chi connectivity index (χ2v) is 10.7. The lowest BCUT2D eigenvalue weighted by molar-refractivity contribution is 0.103. The van der Waals surface area contributed by atoms with Gasteiger partial charge >= 0.3 is 0 Å². The first-order chi connectivity index (χ1) is 24.7. The van der Waals surface area contributed by atoms with Crippen molar-refractivity contribution >= 4 is 40.8 Å². The number of nitriles is 2. The molecule has 4 aromatic heterocycles. The Kier molecular flexibility index (Phi) is 13.3. The molecule has 0 amide bonds. The molecule has 0 spiro atoms. The molecule has 7 N–H and O–H groups in total. The summed E-state index contributed by atoms with van der Waals surface area (Å²) in [7, 11) is 0. The highest BCUT2D eigenvalue weighted by atomic mass is 35.5. The molecule has 6 rings (SSSR count). The van der Waals surface area contributed by atoms with Gasteiger partial charge in [0.25, 0.3) is 0 Å². The van der Waals surface area contributed by atoms with Gasteiger partial charge in [0.15, 0.2) is 11.6 Å². The van der Waals surface area contributed by atoms with Crippen molar-refractivity contribution in [2.24, 2.45) is 5.73 Å². The molecule has 14 nitrogen and oxygen atoms in total. The molecule has 6 aromatic rings. The minimum absolute atomic E-state index is 0.0901. The van der Waals surface area contributed by atoms with E-state index in [-0.39, 0.29) is 16.9 Å². The maximum Gasteiger partial charge on any atom is 0.222 e. The number of nitrogens with two attached hydrogens (primary N) is 3. The Bertz CT molecular complexity index is 2160. The maximum atomic E-state index is 12.4. The van der Waals surface area contributed by atoms with Crippen LogP contribution in [0.25, 0.3) is 0 Å². The van der Waals surface area contributed by atoms with Crippen molar-refractivity contribution in [2.75, 3.05) is 16.8 Å². The summed E-state index contributed by atoms with van der Waals surface area (Å²) in [6.07, 6.45) is 8.97. The lowest BCUT2D eigenvalue weighted by Gasteiger charge is -2.06. The van der Waals surface area contributed by atoms with Gasteiger partial charge in [0.05, 0.1) is 34.4 Å². The number of nitrogens with zero attached hydrogens (tertiary/aromatic N) is 8. The van der Waals surface area contributed by atoms with Crippen LogP contribution in [0.15, 0.2) is 110 Å². The van der Waals surface area contributed by atoms with Crippen LogP contribution in [0.2, 0.25) is 5.28 Å². The Hall–Kier alpha value is -7.13. The topological polar surface area (TPSA) is 249 Å². The SMILES string of the molecule is N#Cc1cccc(C(=O)c2cnc(Cl)nc2)c1.N#Cc1cccc(C(=O)c2cnc(NCc3ccc(N)nc3)nc2)c1.NCc1ccc(N)nc1. The molecule has 15 heteroatoms. The van der Waals surface area contributed by atoms with Gasteiger partial charge in [-0.1, -0.05) is 36.4 Å². The first-order valence-electron chi connectivity index (χ1n) is 14.9. The fourth-order valence-corrected chi connectivity index (χ4v) is 4.14. The number of rotatable bonds is 8. The predicted molar refractivity (Wildman–Crippen MR) is 191 cm³/mol. The van der Waals surface area contributed by atoms with Crippen LogP contribution in [0.3, 0.4) is 0 Å². The number of ketones is 2. The van der Waals surface area contributed by atoms with Crippen LogP contribution in [0.1, 0.15) is 54.1 Å². The van der Waals surface area contributed by atoms with Crippen LogP contribution >= 0.6 is 11.6 Å². The third kappa shape index (κ3) is 11.2. The highest BCUT2D eigenvalue weighted by Crippen LogP contribution is 2.13. The minimum atomic E-state index is -0.237. The first kappa shape index (κ1) is 36.7. The van der Waals surface area contributed by atoms with E-state index in [1.54, 1.807) is 67.0 Å². The lowest BCUT2D eigenvalue weighted by Crippen LogP contribution is -2.07. The van der Waals surface area contributed by atoms with Crippen LogP contribution in [-0.4, -0.2) is 41.5 Å². The molecule has 0 bridgehead atoms. The lowest BCUT2D eigenvalue weighted by atomic mass is 10.0. The zero-order valence-corrected chi connectivity index (χ0v) is 27.6. The Labute approximate surface area is 297 Å². The smallest absolute Gasteiger partial charge is 0.222 e. The van der Waals surface area contributed by atoms with Crippen molar-refractivity contribution in [3.63, 3.8) is 0 Å². The molecule has 0 aliphatic heterocycles. The number of carbonyl (C=O) groups excluding carboxylic acids is 2. The normalized spacial score (nSPS) is 9.80. The molecule has 252 valence electrons. The molecule has 0 radical (unpaired) electrons. The van der Waals surface area contributed by atoms with Crippen molar-refractivity contribution in [3.8, 4) is 12.1 Å². The summed E-state index contributed by atoms with van der Waals surface area (Å²) < 4.78 is 0. The zero-order chi connectivity index (χ0) is 36.6. The Morgan fingerprint density at radius 2 is 1.10 bits per heavy atom. The standard InChI is InChI=1S/C18H14N6O.C12H6ClN3O.C6H9N3/c19-7-12-2-1-3-14(6-12)17(25)15-10-23-18(24-11-15)22-9-13-4-5-16(20)21-8-13;13-12-15-6-10(7-16-12)11(17)9-3-1-2-8(4-9)5-14;7-3-5-1-2-6(8)9-4-5/h1-6,8,10-11H,9H2,(H2,20,21)(H,22,23,24);1-4,6-7H;1-2,4H,3,7H2,(H2,8,9). The molecule has 0 aliphatic rings. The van der Waals surface area contributed by atoms with Gasteiger partial charge in [-0.15, -0.1) is 0 Å². The third-order valence-corrected chi connectivity index (χ3v) is 6.88. The summed E-state index contributed by atoms with van der Waals surface area (Å²) in [6.45, 7) is 1.01. The fourth-order valence-electron chi connectivity index (χ4n) is 4.04. The first-order valence-corrected chi connectivity index (χ1v) is 15.3. The quantitative estimate of drug-likeness (QED) is 0.126. The number of pyridine rings is 2. The number of halogens is 1. The fraction of sp³-hybridized carbons (Fsp3) is 0.0556. The molecule has 51 heavy (non-hydrogen) atoms. The number of nitrogens with one attached hydrogen (secondary N) is 1. The maximum absolute atomic E-state index is 12.4. The highest BCUT2D eigenvalue weighted by Gasteiger charge is 2.12. The zero-order valence-electron chi connectivity index (χ0n) is 26.8. The van der Waals surface area contributed by atoms with Crippen LogP contribution in [-0.2, 0) is 13.1 Å². The number of hydrogen-bond acceptors (Lipinski definition) is 14. The highest BCUT2D eigenvalue weighted by molar-refractivity contribution is 6.28. The van der Waals surface area contributed by atoms with Gasteiger partial charge in [-0.25, -0.2) is 29.9 Å². The van der Waals surface area contributed by atoms with Gasteiger partial charge in [-0.2, -0.15) is 10.5 Å². The summed E-state index contributed by atoms with van der Waals surface area (Å²) in [6, 6.07) is 24.1. The number of aromatic nitrogens is 6. The summed E-state index contributed by atoms with van der Waals surface area (Å²) in [5, 5.41) is 20.8. The van der Waals surface area contributed by atoms with E-state index < -0.39 is 0 Å². The van der Waals surface area contributed by atoms with Crippen molar-refractivity contribution in [1.82, 2.24) is 29.9 Å². The Morgan fingerprint density at radius 3 is 1.53 bits per heavy atom.